The highest BCUT2D eigenvalue weighted by Crippen LogP contribution is 2.13. The van der Waals surface area contributed by atoms with Gasteiger partial charge in [0, 0.05) is 59.0 Å². The van der Waals surface area contributed by atoms with E-state index in [1.165, 1.54) is 0 Å². The van der Waals surface area contributed by atoms with Crippen LogP contribution in [-0.2, 0) is 10.8 Å². The predicted octanol–water partition coefficient (Wildman–Crippen LogP) is 1.68. The third-order valence-electron chi connectivity index (χ3n) is 3.48. The number of nitrogens with zero attached hydrogens (tertiary/aromatic N) is 2. The molecule has 4 nitrogen and oxygen atoms in total. The first-order valence-electron chi connectivity index (χ1n) is 6.62. The van der Waals surface area contributed by atoms with Crippen molar-refractivity contribution < 1.29 is 9.00 Å². The Morgan fingerprint density at radius 1 is 1.00 bits per heavy atom. The van der Waals surface area contributed by atoms with Gasteiger partial charge in [-0.15, -0.1) is 0 Å². The van der Waals surface area contributed by atoms with E-state index in [1.54, 1.807) is 4.90 Å². The Morgan fingerprint density at radius 3 is 2.20 bits per heavy atom. The van der Waals surface area contributed by atoms with Crippen LogP contribution in [0.1, 0.15) is 10.4 Å². The quantitative estimate of drug-likeness (QED) is 0.844. The number of rotatable bonds is 2. The fourth-order valence-corrected chi connectivity index (χ4v) is 3.36. The second-order valence-corrected chi connectivity index (χ2v) is 6.47. The molecular formula is C15H16N2O2S. The van der Waals surface area contributed by atoms with Crippen LogP contribution in [0.25, 0.3) is 5.69 Å². The predicted molar refractivity (Wildman–Crippen MR) is 79.5 cm³/mol. The Balaban J connectivity index is 1.74. The van der Waals surface area contributed by atoms with Gasteiger partial charge < -0.3 is 9.47 Å². The molecule has 0 unspecified atom stereocenters. The van der Waals surface area contributed by atoms with Crippen LogP contribution in [0.5, 0.6) is 0 Å². The first-order chi connectivity index (χ1) is 9.74. The Bertz CT molecular complexity index is 610. The zero-order valence-electron chi connectivity index (χ0n) is 11.1. The third kappa shape index (κ3) is 2.67. The van der Waals surface area contributed by atoms with Crippen LogP contribution in [0.15, 0.2) is 48.8 Å². The molecule has 1 fully saturated rings. The van der Waals surface area contributed by atoms with E-state index in [9.17, 15) is 9.00 Å². The largest absolute Gasteiger partial charge is 0.337 e. The van der Waals surface area contributed by atoms with Crippen LogP contribution in [0.2, 0.25) is 0 Å². The van der Waals surface area contributed by atoms with Crippen molar-refractivity contribution in [2.45, 2.75) is 0 Å². The second kappa shape index (κ2) is 5.63. The minimum absolute atomic E-state index is 0.0285. The number of benzene rings is 1. The van der Waals surface area contributed by atoms with Crippen LogP contribution in [0.4, 0.5) is 0 Å². The molecule has 1 aliphatic rings. The molecule has 1 amide bonds. The first kappa shape index (κ1) is 13.1. The maximum atomic E-state index is 12.3. The number of carbonyl (C=O) groups excluding carboxylic acids is 1. The lowest BCUT2D eigenvalue weighted by atomic mass is 10.1. The standard InChI is InChI=1S/C15H16N2O2S/c18-15(17-9-11-20(19)12-10-17)13-3-5-14(6-4-13)16-7-1-2-8-16/h1-8H,9-12H2. The molecule has 0 saturated carbocycles. The summed E-state index contributed by atoms with van der Waals surface area (Å²) >= 11 is 0. The smallest absolute Gasteiger partial charge is 0.253 e. The SMILES string of the molecule is O=C(c1ccc(-n2cccc2)cc1)N1CCS(=O)CC1. The normalized spacial score (nSPS) is 16.3. The number of amides is 1. The van der Waals surface area contributed by atoms with E-state index in [4.69, 9.17) is 0 Å². The van der Waals surface area contributed by atoms with Crippen molar-refractivity contribution in [3.05, 3.63) is 54.4 Å². The molecule has 1 aliphatic heterocycles. The number of carbonyl (C=O) groups is 1. The molecule has 5 heteroatoms. The van der Waals surface area contributed by atoms with Crippen molar-refractivity contribution in [2.24, 2.45) is 0 Å². The molecule has 1 aromatic heterocycles. The van der Waals surface area contributed by atoms with Gasteiger partial charge in [-0.05, 0) is 36.4 Å². The maximum Gasteiger partial charge on any atom is 0.253 e. The number of hydrogen-bond donors (Lipinski definition) is 0. The topological polar surface area (TPSA) is 42.3 Å². The van der Waals surface area contributed by atoms with E-state index in [1.807, 2.05) is 53.4 Å². The molecule has 2 aromatic rings. The molecule has 1 aromatic carbocycles. The van der Waals surface area contributed by atoms with Gasteiger partial charge in [0.05, 0.1) is 0 Å². The van der Waals surface area contributed by atoms with Crippen LogP contribution >= 0.6 is 0 Å². The zero-order valence-corrected chi connectivity index (χ0v) is 11.9. The van der Waals surface area contributed by atoms with Gasteiger partial charge >= 0.3 is 0 Å². The summed E-state index contributed by atoms with van der Waals surface area (Å²) in [7, 11) is -0.755. The van der Waals surface area contributed by atoms with E-state index in [2.05, 4.69) is 0 Å². The van der Waals surface area contributed by atoms with E-state index in [-0.39, 0.29) is 5.91 Å². The molecular weight excluding hydrogens is 272 g/mol. The molecule has 20 heavy (non-hydrogen) atoms. The monoisotopic (exact) mass is 288 g/mol. The summed E-state index contributed by atoms with van der Waals surface area (Å²) in [5.74, 6) is 1.21. The summed E-state index contributed by atoms with van der Waals surface area (Å²) in [6, 6.07) is 11.5. The highest BCUT2D eigenvalue weighted by atomic mass is 32.2. The molecule has 0 bridgehead atoms. The molecule has 0 spiro atoms. The summed E-state index contributed by atoms with van der Waals surface area (Å²) in [5, 5.41) is 0. The van der Waals surface area contributed by atoms with Crippen molar-refractivity contribution in [2.75, 3.05) is 24.6 Å². The lowest BCUT2D eigenvalue weighted by molar-refractivity contribution is 0.0771. The second-order valence-electron chi connectivity index (χ2n) is 4.78. The molecule has 0 atom stereocenters. The van der Waals surface area contributed by atoms with Gasteiger partial charge in [0.25, 0.3) is 5.91 Å². The third-order valence-corrected chi connectivity index (χ3v) is 4.76. The zero-order chi connectivity index (χ0) is 13.9. The minimum Gasteiger partial charge on any atom is -0.337 e. The Labute approximate surface area is 120 Å². The summed E-state index contributed by atoms with van der Waals surface area (Å²) < 4.78 is 13.3. The Morgan fingerprint density at radius 2 is 1.60 bits per heavy atom. The molecule has 1 saturated heterocycles. The van der Waals surface area contributed by atoms with Crippen molar-refractivity contribution >= 4 is 16.7 Å². The van der Waals surface area contributed by atoms with Crippen LogP contribution < -0.4 is 0 Å². The van der Waals surface area contributed by atoms with Crippen molar-refractivity contribution in [1.29, 1.82) is 0 Å². The molecule has 3 rings (SSSR count). The fraction of sp³-hybridized carbons (Fsp3) is 0.267. The van der Waals surface area contributed by atoms with E-state index in [0.29, 0.717) is 30.2 Å². The molecule has 0 N–H and O–H groups in total. The van der Waals surface area contributed by atoms with Gasteiger partial charge in [0.2, 0.25) is 0 Å². The molecule has 0 aliphatic carbocycles. The van der Waals surface area contributed by atoms with E-state index in [0.717, 1.165) is 5.69 Å². The van der Waals surface area contributed by atoms with Crippen LogP contribution in [-0.4, -0.2) is 44.2 Å². The highest BCUT2D eigenvalue weighted by Gasteiger charge is 2.21. The molecule has 0 radical (unpaired) electrons. The summed E-state index contributed by atoms with van der Waals surface area (Å²) in [6.07, 6.45) is 3.94. The van der Waals surface area contributed by atoms with Gasteiger partial charge in [0.1, 0.15) is 0 Å². The minimum atomic E-state index is -0.755. The van der Waals surface area contributed by atoms with Gasteiger partial charge in [-0.2, -0.15) is 0 Å². The van der Waals surface area contributed by atoms with Crippen molar-refractivity contribution in [3.63, 3.8) is 0 Å². The summed E-state index contributed by atoms with van der Waals surface area (Å²) in [4.78, 5) is 14.1. The average molecular weight is 288 g/mol. The van der Waals surface area contributed by atoms with Crippen molar-refractivity contribution in [3.8, 4) is 5.69 Å². The van der Waals surface area contributed by atoms with E-state index < -0.39 is 10.8 Å². The lowest BCUT2D eigenvalue weighted by Crippen LogP contribution is -2.41. The van der Waals surface area contributed by atoms with E-state index >= 15 is 0 Å². The molecule has 2 heterocycles. The highest BCUT2D eigenvalue weighted by molar-refractivity contribution is 7.85. The van der Waals surface area contributed by atoms with Crippen LogP contribution in [0, 0.1) is 0 Å². The number of hydrogen-bond acceptors (Lipinski definition) is 2. The van der Waals surface area contributed by atoms with Gasteiger partial charge in [-0.25, -0.2) is 0 Å². The van der Waals surface area contributed by atoms with Gasteiger partial charge in [-0.3, -0.25) is 9.00 Å². The Hall–Kier alpha value is -1.88. The van der Waals surface area contributed by atoms with Crippen molar-refractivity contribution in [1.82, 2.24) is 9.47 Å². The summed E-state index contributed by atoms with van der Waals surface area (Å²) in [6.45, 7) is 1.18. The Kier molecular flexibility index (Phi) is 3.69. The van der Waals surface area contributed by atoms with Gasteiger partial charge in [0.15, 0.2) is 0 Å². The maximum absolute atomic E-state index is 12.3. The fourth-order valence-electron chi connectivity index (χ4n) is 2.31. The average Bonchev–Trinajstić information content (AvgIpc) is 3.02. The lowest BCUT2D eigenvalue weighted by Gasteiger charge is -2.26. The number of aromatic nitrogens is 1. The van der Waals surface area contributed by atoms with Gasteiger partial charge in [-0.1, -0.05) is 0 Å². The van der Waals surface area contributed by atoms with Crippen LogP contribution in [0.3, 0.4) is 0 Å². The first-order valence-corrected chi connectivity index (χ1v) is 8.10. The summed E-state index contributed by atoms with van der Waals surface area (Å²) in [5.41, 5.74) is 1.72. The molecule has 104 valence electrons.